The van der Waals surface area contributed by atoms with E-state index in [4.69, 9.17) is 14.2 Å². The van der Waals surface area contributed by atoms with Crippen molar-refractivity contribution in [2.75, 3.05) is 33.7 Å². The van der Waals surface area contributed by atoms with Crippen LogP contribution in [0.5, 0.6) is 17.2 Å². The number of methoxy groups -OCH3 is 3. The Balaban J connectivity index is 1.88. The van der Waals surface area contributed by atoms with Crippen molar-refractivity contribution < 1.29 is 28.7 Å². The van der Waals surface area contributed by atoms with Gasteiger partial charge in [0.15, 0.2) is 11.5 Å². The number of likely N-dealkylation sites (N-methyl/N-ethyl adjacent to an activating group) is 1. The first kappa shape index (κ1) is 24.5. The fraction of sp³-hybridized carbons (Fsp3) is 0.240. The highest BCUT2D eigenvalue weighted by Gasteiger charge is 2.44. The molecule has 0 saturated heterocycles. The number of ether oxygens (including phenoxy) is 3. The lowest BCUT2D eigenvalue weighted by Crippen LogP contribution is -2.44. The summed E-state index contributed by atoms with van der Waals surface area (Å²) in [6.45, 7) is 0. The van der Waals surface area contributed by atoms with E-state index < -0.39 is 22.8 Å². The molecule has 1 aromatic heterocycles. The van der Waals surface area contributed by atoms with Crippen LogP contribution in [-0.4, -0.2) is 55.0 Å². The SMILES string of the molecule is COc1ccc([N+](=O)[O-])cc1NC(=O)C1c2cc(OC)c(OC)cc2C(=O)N(C)C1c1cccnc1. The molecular weight excluding hydrogens is 468 g/mol. The highest BCUT2D eigenvalue weighted by molar-refractivity contribution is 6.05. The Kier molecular flexibility index (Phi) is 6.73. The molecule has 11 nitrogen and oxygen atoms in total. The molecule has 1 aliphatic heterocycles. The zero-order valence-electron chi connectivity index (χ0n) is 20.1. The minimum atomic E-state index is -0.921. The van der Waals surface area contributed by atoms with E-state index in [1.807, 2.05) is 0 Å². The van der Waals surface area contributed by atoms with Crippen LogP contribution in [0.1, 0.15) is 33.4 Å². The molecule has 2 atom stereocenters. The van der Waals surface area contributed by atoms with E-state index in [1.165, 1.54) is 44.4 Å². The summed E-state index contributed by atoms with van der Waals surface area (Å²) in [5.74, 6) is -0.788. The van der Waals surface area contributed by atoms with Crippen molar-refractivity contribution in [1.82, 2.24) is 9.88 Å². The van der Waals surface area contributed by atoms with Gasteiger partial charge in [0.1, 0.15) is 5.75 Å². The summed E-state index contributed by atoms with van der Waals surface area (Å²) < 4.78 is 16.1. The number of fused-ring (bicyclic) bond motifs is 1. The Morgan fingerprint density at radius 2 is 1.75 bits per heavy atom. The van der Waals surface area contributed by atoms with Crippen LogP contribution in [0.15, 0.2) is 54.9 Å². The van der Waals surface area contributed by atoms with E-state index in [2.05, 4.69) is 10.3 Å². The smallest absolute Gasteiger partial charge is 0.271 e. The molecule has 4 rings (SSSR count). The molecule has 2 unspecified atom stereocenters. The fourth-order valence-corrected chi connectivity index (χ4v) is 4.42. The first-order valence-corrected chi connectivity index (χ1v) is 10.9. The van der Waals surface area contributed by atoms with Crippen molar-refractivity contribution in [1.29, 1.82) is 0 Å². The molecule has 36 heavy (non-hydrogen) atoms. The zero-order chi connectivity index (χ0) is 26.0. The maximum Gasteiger partial charge on any atom is 0.271 e. The summed E-state index contributed by atoms with van der Waals surface area (Å²) in [6, 6.07) is 9.84. The van der Waals surface area contributed by atoms with Crippen molar-refractivity contribution in [3.8, 4) is 17.2 Å². The molecule has 0 bridgehead atoms. The molecular formula is C25H24N4O7. The number of anilines is 1. The van der Waals surface area contributed by atoms with Gasteiger partial charge in [-0.3, -0.25) is 24.7 Å². The van der Waals surface area contributed by atoms with Crippen LogP contribution < -0.4 is 19.5 Å². The topological polar surface area (TPSA) is 133 Å². The third kappa shape index (κ3) is 4.26. The van der Waals surface area contributed by atoms with E-state index in [-0.39, 0.29) is 28.6 Å². The number of aromatic nitrogens is 1. The number of carbonyl (C=O) groups is 2. The van der Waals surface area contributed by atoms with E-state index in [9.17, 15) is 19.7 Å². The normalized spacial score (nSPS) is 16.7. The van der Waals surface area contributed by atoms with Crippen LogP contribution in [0.4, 0.5) is 11.4 Å². The Morgan fingerprint density at radius 1 is 1.06 bits per heavy atom. The molecule has 2 amide bonds. The van der Waals surface area contributed by atoms with Crippen LogP contribution in [0, 0.1) is 10.1 Å². The number of nitro groups is 1. The van der Waals surface area contributed by atoms with Gasteiger partial charge >= 0.3 is 0 Å². The first-order valence-electron chi connectivity index (χ1n) is 10.9. The van der Waals surface area contributed by atoms with Crippen LogP contribution in [-0.2, 0) is 4.79 Å². The Hall–Kier alpha value is -4.67. The number of nitrogens with one attached hydrogen (secondary N) is 1. The van der Waals surface area contributed by atoms with Crippen molar-refractivity contribution in [2.24, 2.45) is 0 Å². The summed E-state index contributed by atoms with van der Waals surface area (Å²) in [5.41, 5.74) is 1.26. The van der Waals surface area contributed by atoms with Crippen molar-refractivity contribution in [3.63, 3.8) is 0 Å². The number of nitrogens with zero attached hydrogens (tertiary/aromatic N) is 3. The first-order chi connectivity index (χ1) is 17.3. The third-order valence-corrected chi connectivity index (χ3v) is 6.13. The highest BCUT2D eigenvalue weighted by atomic mass is 16.6. The van der Waals surface area contributed by atoms with Crippen LogP contribution >= 0.6 is 0 Å². The molecule has 186 valence electrons. The predicted octanol–water partition coefficient (Wildman–Crippen LogP) is 3.56. The van der Waals surface area contributed by atoms with Crippen molar-refractivity contribution in [2.45, 2.75) is 12.0 Å². The largest absolute Gasteiger partial charge is 0.495 e. The molecule has 0 spiro atoms. The Morgan fingerprint density at radius 3 is 2.36 bits per heavy atom. The summed E-state index contributed by atoms with van der Waals surface area (Å²) in [5, 5.41) is 14.1. The molecule has 0 radical (unpaired) electrons. The van der Waals surface area contributed by atoms with E-state index in [1.54, 1.807) is 43.7 Å². The lowest BCUT2D eigenvalue weighted by molar-refractivity contribution is -0.384. The molecule has 1 N–H and O–H groups in total. The lowest BCUT2D eigenvalue weighted by Gasteiger charge is -2.40. The molecule has 0 fully saturated rings. The minimum Gasteiger partial charge on any atom is -0.495 e. The predicted molar refractivity (Wildman–Crippen MR) is 130 cm³/mol. The number of rotatable bonds is 7. The second kappa shape index (κ2) is 9.90. The molecule has 0 aliphatic carbocycles. The van der Waals surface area contributed by atoms with E-state index in [0.717, 1.165) is 0 Å². The third-order valence-electron chi connectivity index (χ3n) is 6.13. The van der Waals surface area contributed by atoms with Crippen molar-refractivity contribution in [3.05, 3.63) is 81.7 Å². The molecule has 0 saturated carbocycles. The molecule has 2 heterocycles. The van der Waals surface area contributed by atoms with Crippen LogP contribution in [0.25, 0.3) is 0 Å². The lowest BCUT2D eigenvalue weighted by atomic mass is 9.79. The standard InChI is InChI=1S/C25H24N4O7/c1-28-23(14-6-5-9-26-13-14)22(16-11-20(35-3)21(36-4)12-17(16)25(28)31)24(30)27-18-10-15(29(32)33)7-8-19(18)34-2/h5-13,22-23H,1-4H3,(H,27,30). The summed E-state index contributed by atoms with van der Waals surface area (Å²) in [4.78, 5) is 43.7. The number of hydrogen-bond donors (Lipinski definition) is 1. The van der Waals surface area contributed by atoms with Gasteiger partial charge in [-0.05, 0) is 35.4 Å². The molecule has 3 aromatic rings. The Bertz CT molecular complexity index is 1330. The van der Waals surface area contributed by atoms with Gasteiger partial charge in [-0.25, -0.2) is 0 Å². The number of nitro benzene ring substituents is 1. The number of benzene rings is 2. The van der Waals surface area contributed by atoms with Gasteiger partial charge in [0.2, 0.25) is 5.91 Å². The number of carbonyl (C=O) groups excluding carboxylic acids is 2. The van der Waals surface area contributed by atoms with Crippen LogP contribution in [0.3, 0.4) is 0 Å². The summed E-state index contributed by atoms with van der Waals surface area (Å²) >= 11 is 0. The number of non-ortho nitro benzene ring substituents is 1. The average molecular weight is 492 g/mol. The van der Waals surface area contributed by atoms with Gasteiger partial charge in [0.25, 0.3) is 11.6 Å². The van der Waals surface area contributed by atoms with Gasteiger partial charge in [-0.1, -0.05) is 6.07 Å². The Labute approximate surface area is 206 Å². The molecule has 2 aromatic carbocycles. The minimum absolute atomic E-state index is 0.128. The van der Waals surface area contributed by atoms with Gasteiger partial charge in [0.05, 0.1) is 43.9 Å². The van der Waals surface area contributed by atoms with E-state index >= 15 is 0 Å². The average Bonchev–Trinajstić information content (AvgIpc) is 2.90. The second-order valence-electron chi connectivity index (χ2n) is 8.05. The maximum absolute atomic E-state index is 13.9. The monoisotopic (exact) mass is 492 g/mol. The van der Waals surface area contributed by atoms with Gasteiger partial charge in [-0.2, -0.15) is 0 Å². The second-order valence-corrected chi connectivity index (χ2v) is 8.05. The number of pyridine rings is 1. The maximum atomic E-state index is 13.9. The van der Waals surface area contributed by atoms with Crippen LogP contribution in [0.2, 0.25) is 0 Å². The number of hydrogen-bond acceptors (Lipinski definition) is 8. The summed E-state index contributed by atoms with van der Waals surface area (Å²) in [6.07, 6.45) is 3.19. The fourth-order valence-electron chi connectivity index (χ4n) is 4.42. The van der Waals surface area contributed by atoms with Gasteiger partial charge in [-0.15, -0.1) is 0 Å². The van der Waals surface area contributed by atoms with Gasteiger partial charge < -0.3 is 24.4 Å². The molecule has 1 aliphatic rings. The molecule has 11 heteroatoms. The summed E-state index contributed by atoms with van der Waals surface area (Å²) in [7, 11) is 5.92. The highest BCUT2D eigenvalue weighted by Crippen LogP contribution is 2.46. The van der Waals surface area contributed by atoms with Gasteiger partial charge in [0, 0.05) is 37.1 Å². The van der Waals surface area contributed by atoms with Crippen molar-refractivity contribution >= 4 is 23.2 Å². The quantitative estimate of drug-likeness (QED) is 0.391. The number of amides is 2. The zero-order valence-corrected chi connectivity index (χ0v) is 20.1. The van der Waals surface area contributed by atoms with E-state index in [0.29, 0.717) is 22.6 Å².